The SMILES string of the molecule is CCCCCCCCC(O)c1cc(F)ccc1N. The first-order chi connectivity index (χ1) is 8.65. The van der Waals surface area contributed by atoms with E-state index in [1.165, 1.54) is 43.9 Å². The lowest BCUT2D eigenvalue weighted by atomic mass is 10.0. The molecule has 0 radical (unpaired) electrons. The number of nitrogen functional groups attached to an aromatic ring is 1. The number of aliphatic hydroxyl groups excluding tert-OH is 1. The normalized spacial score (nSPS) is 12.6. The van der Waals surface area contributed by atoms with E-state index >= 15 is 0 Å². The van der Waals surface area contributed by atoms with E-state index in [1.807, 2.05) is 0 Å². The van der Waals surface area contributed by atoms with E-state index in [0.717, 1.165) is 12.8 Å². The summed E-state index contributed by atoms with van der Waals surface area (Å²) in [6, 6.07) is 4.16. The van der Waals surface area contributed by atoms with Gasteiger partial charge in [-0.15, -0.1) is 0 Å². The van der Waals surface area contributed by atoms with Crippen molar-refractivity contribution in [1.82, 2.24) is 0 Å². The molecule has 0 aliphatic rings. The molecule has 1 rings (SSSR count). The Kier molecular flexibility index (Phi) is 6.73. The summed E-state index contributed by atoms with van der Waals surface area (Å²) in [7, 11) is 0. The maximum atomic E-state index is 13.1. The van der Waals surface area contributed by atoms with Crippen LogP contribution < -0.4 is 5.73 Å². The van der Waals surface area contributed by atoms with Crippen LogP contribution in [-0.4, -0.2) is 5.11 Å². The molecule has 18 heavy (non-hydrogen) atoms. The zero-order chi connectivity index (χ0) is 13.4. The van der Waals surface area contributed by atoms with E-state index in [1.54, 1.807) is 0 Å². The molecule has 1 aromatic rings. The molecule has 0 saturated heterocycles. The van der Waals surface area contributed by atoms with Crippen LogP contribution in [0.15, 0.2) is 18.2 Å². The number of benzene rings is 1. The lowest BCUT2D eigenvalue weighted by Gasteiger charge is -2.13. The maximum absolute atomic E-state index is 13.1. The summed E-state index contributed by atoms with van der Waals surface area (Å²) in [5.41, 5.74) is 6.72. The van der Waals surface area contributed by atoms with E-state index in [-0.39, 0.29) is 5.82 Å². The number of nitrogens with two attached hydrogens (primary N) is 1. The molecule has 0 aliphatic heterocycles. The minimum Gasteiger partial charge on any atom is -0.398 e. The monoisotopic (exact) mass is 253 g/mol. The van der Waals surface area contributed by atoms with Gasteiger partial charge in [-0.1, -0.05) is 45.4 Å². The van der Waals surface area contributed by atoms with Crippen LogP contribution in [-0.2, 0) is 0 Å². The zero-order valence-electron chi connectivity index (χ0n) is 11.2. The van der Waals surface area contributed by atoms with Gasteiger partial charge in [0.1, 0.15) is 5.82 Å². The second-order valence-corrected chi connectivity index (χ2v) is 4.85. The van der Waals surface area contributed by atoms with Gasteiger partial charge in [0.05, 0.1) is 6.10 Å². The maximum Gasteiger partial charge on any atom is 0.123 e. The molecule has 2 nitrogen and oxygen atoms in total. The van der Waals surface area contributed by atoms with Gasteiger partial charge >= 0.3 is 0 Å². The third-order valence-electron chi connectivity index (χ3n) is 3.24. The highest BCUT2D eigenvalue weighted by atomic mass is 19.1. The molecule has 0 saturated carbocycles. The van der Waals surface area contributed by atoms with Crippen molar-refractivity contribution >= 4 is 5.69 Å². The van der Waals surface area contributed by atoms with Gasteiger partial charge in [0.15, 0.2) is 0 Å². The Morgan fingerprint density at radius 3 is 2.56 bits per heavy atom. The van der Waals surface area contributed by atoms with Crippen molar-refractivity contribution in [3.8, 4) is 0 Å². The molecule has 3 heteroatoms. The zero-order valence-corrected chi connectivity index (χ0v) is 11.2. The first kappa shape index (κ1) is 15.0. The van der Waals surface area contributed by atoms with Crippen LogP contribution in [0.5, 0.6) is 0 Å². The van der Waals surface area contributed by atoms with Gasteiger partial charge < -0.3 is 10.8 Å². The summed E-state index contributed by atoms with van der Waals surface area (Å²) in [4.78, 5) is 0. The summed E-state index contributed by atoms with van der Waals surface area (Å²) < 4.78 is 13.1. The fourth-order valence-corrected chi connectivity index (χ4v) is 2.11. The smallest absolute Gasteiger partial charge is 0.123 e. The average Bonchev–Trinajstić information content (AvgIpc) is 2.36. The molecular formula is C15H24FNO. The van der Waals surface area contributed by atoms with E-state index in [9.17, 15) is 9.50 Å². The molecule has 1 unspecified atom stereocenters. The van der Waals surface area contributed by atoms with Gasteiger partial charge in [0, 0.05) is 11.3 Å². The topological polar surface area (TPSA) is 46.2 Å². The van der Waals surface area contributed by atoms with Crippen molar-refractivity contribution in [2.75, 3.05) is 5.73 Å². The third-order valence-corrected chi connectivity index (χ3v) is 3.24. The highest BCUT2D eigenvalue weighted by Crippen LogP contribution is 2.25. The van der Waals surface area contributed by atoms with Crippen molar-refractivity contribution in [3.63, 3.8) is 0 Å². The second-order valence-electron chi connectivity index (χ2n) is 4.85. The molecule has 0 aliphatic carbocycles. The fraction of sp³-hybridized carbons (Fsp3) is 0.600. The highest BCUT2D eigenvalue weighted by Gasteiger charge is 2.11. The van der Waals surface area contributed by atoms with Gasteiger partial charge in [0.25, 0.3) is 0 Å². The van der Waals surface area contributed by atoms with Gasteiger partial charge in [-0.25, -0.2) is 4.39 Å². The lowest BCUT2D eigenvalue weighted by Crippen LogP contribution is -2.03. The summed E-state index contributed by atoms with van der Waals surface area (Å²) in [6.07, 6.45) is 7.06. The first-order valence-electron chi connectivity index (χ1n) is 6.88. The molecule has 0 spiro atoms. The molecule has 3 N–H and O–H groups in total. The molecule has 0 fully saturated rings. The Morgan fingerprint density at radius 1 is 1.17 bits per heavy atom. The van der Waals surface area contributed by atoms with E-state index in [4.69, 9.17) is 5.73 Å². The number of rotatable bonds is 8. The third kappa shape index (κ3) is 5.05. The van der Waals surface area contributed by atoms with Crippen molar-refractivity contribution in [2.45, 2.75) is 58.0 Å². The van der Waals surface area contributed by atoms with Crippen LogP contribution in [0.1, 0.15) is 63.5 Å². The Balaban J connectivity index is 2.31. The average molecular weight is 253 g/mol. The Morgan fingerprint density at radius 2 is 1.83 bits per heavy atom. The molecule has 0 aromatic heterocycles. The van der Waals surface area contributed by atoms with Gasteiger partial charge in [-0.2, -0.15) is 0 Å². The molecule has 102 valence electrons. The first-order valence-corrected chi connectivity index (χ1v) is 6.88. The molecular weight excluding hydrogens is 229 g/mol. The fourth-order valence-electron chi connectivity index (χ4n) is 2.11. The molecule has 0 amide bonds. The molecule has 0 heterocycles. The van der Waals surface area contributed by atoms with Crippen LogP contribution in [0.2, 0.25) is 0 Å². The van der Waals surface area contributed by atoms with Crippen LogP contribution in [0, 0.1) is 5.82 Å². The quantitative estimate of drug-likeness (QED) is 0.539. The largest absolute Gasteiger partial charge is 0.398 e. The minimum atomic E-state index is -0.646. The lowest BCUT2D eigenvalue weighted by molar-refractivity contribution is 0.163. The van der Waals surface area contributed by atoms with E-state index in [0.29, 0.717) is 17.7 Å². The van der Waals surface area contributed by atoms with Crippen molar-refractivity contribution in [1.29, 1.82) is 0 Å². The molecule has 1 atom stereocenters. The number of halogens is 1. The standard InChI is InChI=1S/C15H24FNO/c1-2-3-4-5-6-7-8-15(18)13-11-12(16)9-10-14(13)17/h9-11,15,18H,2-8,17H2,1H3. The van der Waals surface area contributed by atoms with Gasteiger partial charge in [-0.3, -0.25) is 0 Å². The Hall–Kier alpha value is -1.09. The summed E-state index contributed by atoms with van der Waals surface area (Å²) in [5, 5.41) is 9.98. The summed E-state index contributed by atoms with van der Waals surface area (Å²) in [5.74, 6) is -0.346. The number of unbranched alkanes of at least 4 members (excludes halogenated alkanes) is 5. The number of anilines is 1. The van der Waals surface area contributed by atoms with Crippen LogP contribution in [0.4, 0.5) is 10.1 Å². The molecule has 0 bridgehead atoms. The van der Waals surface area contributed by atoms with Crippen LogP contribution in [0.25, 0.3) is 0 Å². The number of aliphatic hydroxyl groups is 1. The highest BCUT2D eigenvalue weighted by molar-refractivity contribution is 5.47. The van der Waals surface area contributed by atoms with Crippen LogP contribution in [0.3, 0.4) is 0 Å². The number of hydrogen-bond acceptors (Lipinski definition) is 2. The van der Waals surface area contributed by atoms with Crippen LogP contribution >= 0.6 is 0 Å². The van der Waals surface area contributed by atoms with Gasteiger partial charge in [0.2, 0.25) is 0 Å². The van der Waals surface area contributed by atoms with Crippen molar-refractivity contribution < 1.29 is 9.50 Å². The Labute approximate surface area is 109 Å². The van der Waals surface area contributed by atoms with Gasteiger partial charge in [-0.05, 0) is 24.6 Å². The second kappa shape index (κ2) is 8.09. The minimum absolute atomic E-state index is 0.346. The summed E-state index contributed by atoms with van der Waals surface area (Å²) >= 11 is 0. The Bertz CT molecular complexity index is 354. The van der Waals surface area contributed by atoms with Crippen molar-refractivity contribution in [2.24, 2.45) is 0 Å². The van der Waals surface area contributed by atoms with Crippen molar-refractivity contribution in [3.05, 3.63) is 29.6 Å². The predicted octanol–water partition coefficient (Wildman–Crippen LogP) is 4.19. The molecule has 1 aromatic carbocycles. The summed E-state index contributed by atoms with van der Waals surface area (Å²) in [6.45, 7) is 2.19. The van der Waals surface area contributed by atoms with E-state index < -0.39 is 6.10 Å². The van der Waals surface area contributed by atoms with E-state index in [2.05, 4.69) is 6.92 Å². The predicted molar refractivity (Wildman–Crippen MR) is 73.8 cm³/mol. The number of hydrogen-bond donors (Lipinski definition) is 2.